The van der Waals surface area contributed by atoms with E-state index in [1.807, 2.05) is 0 Å². The topological polar surface area (TPSA) is 78.4 Å². The lowest BCUT2D eigenvalue weighted by molar-refractivity contribution is -0.160. The second-order valence-electron chi connectivity index (χ2n) is 4.98. The zero-order chi connectivity index (χ0) is 14.6. The van der Waals surface area contributed by atoms with Gasteiger partial charge in [-0.05, 0) is 26.7 Å². The lowest BCUT2D eigenvalue weighted by Crippen LogP contribution is -2.42. The molecule has 0 N–H and O–H groups in total. The van der Waals surface area contributed by atoms with E-state index in [1.54, 1.807) is 13.8 Å². The molecule has 0 radical (unpaired) electrons. The van der Waals surface area contributed by atoms with Crippen LogP contribution in [0.3, 0.4) is 0 Å². The first-order valence-corrected chi connectivity index (χ1v) is 7.41. The summed E-state index contributed by atoms with van der Waals surface area (Å²) in [7, 11) is 0. The first kappa shape index (κ1) is 14.9. The number of aryl methyl sites for hydroxylation is 1. The Labute approximate surface area is 121 Å². The molecule has 1 aromatic heterocycles. The van der Waals surface area contributed by atoms with Crippen LogP contribution < -0.4 is 4.74 Å². The highest BCUT2D eigenvalue weighted by Crippen LogP contribution is 2.37. The summed E-state index contributed by atoms with van der Waals surface area (Å²) in [5, 5.41) is 0. The summed E-state index contributed by atoms with van der Waals surface area (Å²) in [5.41, 5.74) is -0.0270. The molecule has 1 heterocycles. The monoisotopic (exact) mass is 298 g/mol. The van der Waals surface area contributed by atoms with Crippen LogP contribution in [0.15, 0.2) is 0 Å². The molecule has 1 saturated carbocycles. The molecule has 1 aromatic rings. The maximum atomic E-state index is 12.2. The Hall–Kier alpha value is -1.50. The number of hydrogen-bond acceptors (Lipinski definition) is 7. The number of rotatable bonds is 5. The summed E-state index contributed by atoms with van der Waals surface area (Å²) < 4.78 is 18.9. The van der Waals surface area contributed by atoms with Crippen molar-refractivity contribution in [3.05, 3.63) is 5.69 Å². The smallest absolute Gasteiger partial charge is 0.315 e. The number of ether oxygens (including phenoxy) is 2. The van der Waals surface area contributed by atoms with Crippen LogP contribution in [0.2, 0.25) is 0 Å². The molecule has 2 rings (SSSR count). The first-order chi connectivity index (χ1) is 9.57. The molecule has 0 spiro atoms. The lowest BCUT2D eigenvalue weighted by Gasteiger charge is -2.33. The Morgan fingerprint density at radius 3 is 2.60 bits per heavy atom. The van der Waals surface area contributed by atoms with Crippen LogP contribution in [0.1, 0.15) is 38.3 Å². The number of hydrogen-bond donors (Lipinski definition) is 0. The highest BCUT2D eigenvalue weighted by Gasteiger charge is 2.44. The van der Waals surface area contributed by atoms with Gasteiger partial charge in [-0.3, -0.25) is 9.59 Å². The molecule has 0 unspecified atom stereocenters. The minimum Gasteiger partial charge on any atom is -0.475 e. The van der Waals surface area contributed by atoms with E-state index in [0.29, 0.717) is 43.9 Å². The van der Waals surface area contributed by atoms with Gasteiger partial charge in [0.05, 0.1) is 18.3 Å². The van der Waals surface area contributed by atoms with Gasteiger partial charge in [-0.1, -0.05) is 0 Å². The van der Waals surface area contributed by atoms with Crippen LogP contribution in [0.5, 0.6) is 5.88 Å². The fraction of sp³-hybridized carbons (Fsp3) is 0.692. The van der Waals surface area contributed by atoms with E-state index in [2.05, 4.69) is 8.75 Å². The summed E-state index contributed by atoms with van der Waals surface area (Å²) in [6, 6.07) is 0. The third-order valence-corrected chi connectivity index (χ3v) is 4.17. The molecule has 0 bridgehead atoms. The number of carbonyl (C=O) groups is 2. The van der Waals surface area contributed by atoms with Gasteiger partial charge in [0.2, 0.25) is 5.88 Å². The zero-order valence-electron chi connectivity index (χ0n) is 11.7. The second-order valence-corrected chi connectivity index (χ2v) is 5.51. The van der Waals surface area contributed by atoms with E-state index < -0.39 is 5.41 Å². The van der Waals surface area contributed by atoms with Gasteiger partial charge in [0, 0.05) is 12.8 Å². The Morgan fingerprint density at radius 1 is 1.35 bits per heavy atom. The fourth-order valence-electron chi connectivity index (χ4n) is 2.26. The molecule has 0 saturated heterocycles. The van der Waals surface area contributed by atoms with E-state index in [1.165, 1.54) is 0 Å². The molecular weight excluding hydrogens is 280 g/mol. The van der Waals surface area contributed by atoms with E-state index in [0.717, 1.165) is 11.7 Å². The Morgan fingerprint density at radius 2 is 2.05 bits per heavy atom. The lowest BCUT2D eigenvalue weighted by atomic mass is 9.74. The van der Waals surface area contributed by atoms with Crippen molar-refractivity contribution in [1.29, 1.82) is 0 Å². The fourth-order valence-corrected chi connectivity index (χ4v) is 2.76. The van der Waals surface area contributed by atoms with Crippen LogP contribution in [0.4, 0.5) is 0 Å². The SMILES string of the molecule is CCOC(=O)C1(COc2nsnc2C)CCC(=O)CC1. The molecular formula is C13H18N2O4S. The summed E-state index contributed by atoms with van der Waals surface area (Å²) >= 11 is 1.08. The molecule has 20 heavy (non-hydrogen) atoms. The predicted octanol–water partition coefficient (Wildman–Crippen LogP) is 1.92. The van der Waals surface area contributed by atoms with Gasteiger partial charge in [0.25, 0.3) is 0 Å². The molecule has 110 valence electrons. The van der Waals surface area contributed by atoms with E-state index in [-0.39, 0.29) is 18.4 Å². The number of ketones is 1. The highest BCUT2D eigenvalue weighted by atomic mass is 32.1. The number of esters is 1. The quantitative estimate of drug-likeness (QED) is 0.773. The van der Waals surface area contributed by atoms with E-state index >= 15 is 0 Å². The van der Waals surface area contributed by atoms with Crippen molar-refractivity contribution in [2.45, 2.75) is 39.5 Å². The average Bonchev–Trinajstić information content (AvgIpc) is 2.84. The Kier molecular flexibility index (Phi) is 4.69. The van der Waals surface area contributed by atoms with Crippen LogP contribution in [-0.2, 0) is 14.3 Å². The Balaban J connectivity index is 2.08. The average molecular weight is 298 g/mol. The molecule has 0 aromatic carbocycles. The van der Waals surface area contributed by atoms with Crippen molar-refractivity contribution in [3.63, 3.8) is 0 Å². The van der Waals surface area contributed by atoms with Crippen LogP contribution in [0.25, 0.3) is 0 Å². The van der Waals surface area contributed by atoms with Crippen molar-refractivity contribution in [1.82, 2.24) is 8.75 Å². The van der Waals surface area contributed by atoms with Gasteiger partial charge in [-0.15, -0.1) is 4.37 Å². The zero-order valence-corrected chi connectivity index (χ0v) is 12.5. The summed E-state index contributed by atoms with van der Waals surface area (Å²) in [6.07, 6.45) is 1.75. The van der Waals surface area contributed by atoms with Crippen molar-refractivity contribution in [2.75, 3.05) is 13.2 Å². The first-order valence-electron chi connectivity index (χ1n) is 6.68. The normalized spacial score (nSPS) is 17.8. The van der Waals surface area contributed by atoms with Crippen molar-refractivity contribution >= 4 is 23.5 Å². The maximum absolute atomic E-state index is 12.2. The maximum Gasteiger partial charge on any atom is 0.315 e. The van der Waals surface area contributed by atoms with Crippen molar-refractivity contribution in [2.24, 2.45) is 5.41 Å². The summed E-state index contributed by atoms with van der Waals surface area (Å²) in [5.74, 6) is 0.361. The summed E-state index contributed by atoms with van der Waals surface area (Å²) in [6.45, 7) is 4.09. The molecule has 7 heteroatoms. The number of Topliss-reactive ketones (excluding diaryl/α,β-unsaturated/α-hetero) is 1. The van der Waals surface area contributed by atoms with Gasteiger partial charge >= 0.3 is 5.97 Å². The second kappa shape index (κ2) is 6.30. The van der Waals surface area contributed by atoms with Gasteiger partial charge in [0.1, 0.15) is 23.5 Å². The molecule has 1 aliphatic carbocycles. The number of nitrogens with zero attached hydrogens (tertiary/aromatic N) is 2. The molecule has 0 aliphatic heterocycles. The minimum atomic E-state index is -0.736. The van der Waals surface area contributed by atoms with Gasteiger partial charge in [0.15, 0.2) is 0 Å². The molecule has 1 fully saturated rings. The van der Waals surface area contributed by atoms with Crippen molar-refractivity contribution in [3.8, 4) is 5.88 Å². The standard InChI is InChI=1S/C13H18N2O4S/c1-3-18-12(17)13(6-4-10(16)5-7-13)8-19-11-9(2)14-20-15-11/h3-8H2,1-2H3. The van der Waals surface area contributed by atoms with Crippen LogP contribution in [-0.4, -0.2) is 33.7 Å². The highest BCUT2D eigenvalue weighted by molar-refractivity contribution is 6.99. The van der Waals surface area contributed by atoms with E-state index in [9.17, 15) is 9.59 Å². The number of aromatic nitrogens is 2. The largest absolute Gasteiger partial charge is 0.475 e. The molecule has 0 amide bonds. The van der Waals surface area contributed by atoms with Crippen molar-refractivity contribution < 1.29 is 19.1 Å². The molecule has 6 nitrogen and oxygen atoms in total. The Bertz CT molecular complexity index is 490. The van der Waals surface area contributed by atoms with Crippen LogP contribution in [0, 0.1) is 12.3 Å². The number of carbonyl (C=O) groups excluding carboxylic acids is 2. The van der Waals surface area contributed by atoms with Gasteiger partial charge < -0.3 is 9.47 Å². The van der Waals surface area contributed by atoms with Gasteiger partial charge in [-0.25, -0.2) is 0 Å². The third-order valence-electron chi connectivity index (χ3n) is 3.57. The van der Waals surface area contributed by atoms with Crippen LogP contribution >= 0.6 is 11.7 Å². The molecule has 0 atom stereocenters. The third kappa shape index (κ3) is 3.15. The summed E-state index contributed by atoms with van der Waals surface area (Å²) in [4.78, 5) is 23.6. The van der Waals surface area contributed by atoms with Gasteiger partial charge in [-0.2, -0.15) is 4.37 Å². The molecule has 1 aliphatic rings. The minimum absolute atomic E-state index is 0.186. The van der Waals surface area contributed by atoms with E-state index in [4.69, 9.17) is 9.47 Å². The predicted molar refractivity (Wildman–Crippen MR) is 72.7 cm³/mol.